The number of hydrogen-bond acceptors (Lipinski definition) is 3. The predicted octanol–water partition coefficient (Wildman–Crippen LogP) is 0.982. The molecule has 0 radical (unpaired) electrons. The second kappa shape index (κ2) is 2.21. The molecule has 0 saturated carbocycles. The lowest BCUT2D eigenvalue weighted by atomic mass is 10.5. The maximum absolute atomic E-state index is 10.6. The molecule has 1 heterocycles. The van der Waals surface area contributed by atoms with Gasteiger partial charge in [-0.1, -0.05) is 11.6 Å². The number of hydrogen-bond donors (Lipinski definition) is 1. The molecule has 4 heteroatoms. The van der Waals surface area contributed by atoms with Crippen molar-refractivity contribution in [3.8, 4) is 0 Å². The third kappa shape index (κ3) is 1.02. The molecule has 0 aliphatic heterocycles. The van der Waals surface area contributed by atoms with E-state index in [-0.39, 0.29) is 5.82 Å². The average Bonchev–Trinajstić information content (AvgIpc) is 1.89. The molecule has 0 aliphatic carbocycles. The number of pyridine rings is 1. The van der Waals surface area contributed by atoms with Crippen LogP contribution < -0.4 is 4.73 Å². The molecule has 46 valence electrons. The van der Waals surface area contributed by atoms with Gasteiger partial charge < -0.3 is 5.21 Å². The zero-order valence-electron chi connectivity index (χ0n) is 4.61. The highest BCUT2D eigenvalue weighted by Crippen LogP contribution is 1.99. The maximum atomic E-state index is 10.6. The third-order valence-electron chi connectivity index (χ3n) is 0.918. The molecule has 0 aliphatic rings. The molecule has 1 N–H and O–H groups in total. The standard InChI is InChI=1S/C5H5N3O/c6-7-5-3-1-2-4-8(5)9/h1-4,6H. The summed E-state index contributed by atoms with van der Waals surface area (Å²) < 4.78 is 0.535. The van der Waals surface area contributed by atoms with E-state index in [2.05, 4.69) is 5.11 Å². The molecule has 0 aromatic carbocycles. The Balaban J connectivity index is 3.15. The van der Waals surface area contributed by atoms with Crippen LogP contribution in [0.3, 0.4) is 0 Å². The van der Waals surface area contributed by atoms with Gasteiger partial charge in [0.15, 0.2) is 0 Å². The molecule has 1 aromatic rings. The van der Waals surface area contributed by atoms with Gasteiger partial charge in [-0.15, -0.1) is 0 Å². The van der Waals surface area contributed by atoms with Gasteiger partial charge in [0.25, 0.3) is 0 Å². The second-order valence-electron chi connectivity index (χ2n) is 1.50. The number of nitrogens with zero attached hydrogens (tertiary/aromatic N) is 2. The van der Waals surface area contributed by atoms with E-state index in [9.17, 15) is 5.21 Å². The number of aromatic nitrogens is 1. The first-order chi connectivity index (χ1) is 4.34. The largest absolute Gasteiger partial charge is 0.710 e. The van der Waals surface area contributed by atoms with Gasteiger partial charge in [0, 0.05) is 6.07 Å². The van der Waals surface area contributed by atoms with Gasteiger partial charge in [0.05, 0.1) is 11.3 Å². The minimum Gasteiger partial charge on any atom is -0.710 e. The van der Waals surface area contributed by atoms with Crippen molar-refractivity contribution >= 4 is 5.82 Å². The van der Waals surface area contributed by atoms with Crippen molar-refractivity contribution in [1.29, 1.82) is 5.53 Å². The zero-order valence-corrected chi connectivity index (χ0v) is 4.61. The Morgan fingerprint density at radius 2 is 2.33 bits per heavy atom. The minimum absolute atomic E-state index is 0.109. The Labute approximate surface area is 51.8 Å². The van der Waals surface area contributed by atoms with Crippen LogP contribution in [-0.4, -0.2) is 0 Å². The van der Waals surface area contributed by atoms with Crippen molar-refractivity contribution in [3.63, 3.8) is 0 Å². The Morgan fingerprint density at radius 3 is 2.78 bits per heavy atom. The third-order valence-corrected chi connectivity index (χ3v) is 0.918. The van der Waals surface area contributed by atoms with Crippen LogP contribution >= 0.6 is 0 Å². The van der Waals surface area contributed by atoms with Gasteiger partial charge in [-0.05, 0) is 6.07 Å². The minimum atomic E-state index is 0.109. The highest BCUT2D eigenvalue weighted by Gasteiger charge is 1.96. The lowest BCUT2D eigenvalue weighted by molar-refractivity contribution is -0.592. The molecule has 0 amide bonds. The van der Waals surface area contributed by atoms with Crippen LogP contribution in [0, 0.1) is 10.7 Å². The lowest BCUT2D eigenvalue weighted by Gasteiger charge is -1.98. The summed E-state index contributed by atoms with van der Waals surface area (Å²) in [6.45, 7) is 0. The molecular weight excluding hydrogens is 118 g/mol. The molecule has 9 heavy (non-hydrogen) atoms. The van der Waals surface area contributed by atoms with E-state index in [1.807, 2.05) is 0 Å². The van der Waals surface area contributed by atoms with E-state index in [0.29, 0.717) is 4.73 Å². The molecule has 1 aromatic heterocycles. The summed E-state index contributed by atoms with van der Waals surface area (Å²) in [7, 11) is 0. The van der Waals surface area contributed by atoms with Gasteiger partial charge in [-0.3, -0.25) is 0 Å². The molecule has 0 saturated heterocycles. The predicted molar refractivity (Wildman–Crippen MR) is 30.2 cm³/mol. The smallest absolute Gasteiger partial charge is 0.352 e. The Morgan fingerprint density at radius 1 is 1.56 bits per heavy atom. The summed E-state index contributed by atoms with van der Waals surface area (Å²) in [5.74, 6) is 0.109. The van der Waals surface area contributed by atoms with Crippen molar-refractivity contribution < 1.29 is 4.73 Å². The monoisotopic (exact) mass is 123 g/mol. The van der Waals surface area contributed by atoms with Gasteiger partial charge in [0.2, 0.25) is 0 Å². The van der Waals surface area contributed by atoms with Crippen LogP contribution in [0.25, 0.3) is 0 Å². The lowest BCUT2D eigenvalue weighted by Crippen LogP contribution is -2.24. The van der Waals surface area contributed by atoms with Crippen LogP contribution in [-0.2, 0) is 0 Å². The molecule has 1 rings (SSSR count). The van der Waals surface area contributed by atoms with Crippen LogP contribution in [0.15, 0.2) is 29.5 Å². The topological polar surface area (TPSA) is 63.2 Å². The normalized spacial score (nSPS) is 8.89. The number of rotatable bonds is 1. The van der Waals surface area contributed by atoms with E-state index in [4.69, 9.17) is 5.53 Å². The zero-order chi connectivity index (χ0) is 6.69. The second-order valence-corrected chi connectivity index (χ2v) is 1.50. The molecule has 0 atom stereocenters. The van der Waals surface area contributed by atoms with E-state index < -0.39 is 0 Å². The first-order valence-electron chi connectivity index (χ1n) is 2.40. The molecule has 4 nitrogen and oxygen atoms in total. The van der Waals surface area contributed by atoms with Crippen molar-refractivity contribution in [1.82, 2.24) is 0 Å². The fourth-order valence-corrected chi connectivity index (χ4v) is 0.506. The molecule has 0 bridgehead atoms. The van der Waals surface area contributed by atoms with Crippen LogP contribution in [0.2, 0.25) is 0 Å². The van der Waals surface area contributed by atoms with E-state index in [1.165, 1.54) is 12.3 Å². The highest BCUT2D eigenvalue weighted by molar-refractivity contribution is 5.16. The molecule has 0 spiro atoms. The first kappa shape index (κ1) is 5.68. The quantitative estimate of drug-likeness (QED) is 0.337. The fraction of sp³-hybridized carbons (Fsp3) is 0. The Bertz CT molecular complexity index is 223. The fourth-order valence-electron chi connectivity index (χ4n) is 0.506. The van der Waals surface area contributed by atoms with Crippen LogP contribution in [0.4, 0.5) is 5.82 Å². The maximum Gasteiger partial charge on any atom is 0.352 e. The van der Waals surface area contributed by atoms with E-state index in [0.717, 1.165) is 0 Å². The molecular formula is C5H5N3O. The SMILES string of the molecule is N=Nc1cccc[n+]1[O-]. The van der Waals surface area contributed by atoms with Gasteiger partial charge in [0.1, 0.15) is 0 Å². The van der Waals surface area contributed by atoms with Gasteiger partial charge in [-0.2, -0.15) is 0 Å². The summed E-state index contributed by atoms with van der Waals surface area (Å²) in [5.41, 5.74) is 6.49. The molecule has 0 unspecified atom stereocenters. The van der Waals surface area contributed by atoms with E-state index >= 15 is 0 Å². The van der Waals surface area contributed by atoms with Crippen molar-refractivity contribution in [2.75, 3.05) is 0 Å². The summed E-state index contributed by atoms with van der Waals surface area (Å²) in [6.07, 6.45) is 1.30. The van der Waals surface area contributed by atoms with Crippen LogP contribution in [0.1, 0.15) is 0 Å². The summed E-state index contributed by atoms with van der Waals surface area (Å²) >= 11 is 0. The Kier molecular flexibility index (Phi) is 1.40. The number of nitrogens with one attached hydrogen (secondary N) is 1. The summed E-state index contributed by atoms with van der Waals surface area (Å²) in [5, 5.41) is 13.5. The molecule has 0 fully saturated rings. The van der Waals surface area contributed by atoms with Gasteiger partial charge >= 0.3 is 5.82 Å². The Hall–Kier alpha value is -1.45. The first-order valence-corrected chi connectivity index (χ1v) is 2.40. The van der Waals surface area contributed by atoms with Crippen molar-refractivity contribution in [3.05, 3.63) is 29.6 Å². The van der Waals surface area contributed by atoms with Crippen molar-refractivity contribution in [2.45, 2.75) is 0 Å². The van der Waals surface area contributed by atoms with Crippen molar-refractivity contribution in [2.24, 2.45) is 5.11 Å². The van der Waals surface area contributed by atoms with Gasteiger partial charge in [-0.25, -0.2) is 4.73 Å². The highest BCUT2D eigenvalue weighted by atomic mass is 16.5. The van der Waals surface area contributed by atoms with E-state index in [1.54, 1.807) is 12.1 Å². The summed E-state index contributed by atoms with van der Waals surface area (Å²) in [6, 6.07) is 4.71. The summed E-state index contributed by atoms with van der Waals surface area (Å²) in [4.78, 5) is 0. The van der Waals surface area contributed by atoms with Crippen LogP contribution in [0.5, 0.6) is 0 Å². The average molecular weight is 123 g/mol.